The van der Waals surface area contributed by atoms with E-state index in [0.29, 0.717) is 32.4 Å². The first-order valence-electron chi connectivity index (χ1n) is 7.29. The summed E-state index contributed by atoms with van der Waals surface area (Å²) in [6, 6.07) is -0.665. The van der Waals surface area contributed by atoms with Crippen LogP contribution in [-0.4, -0.2) is 66.5 Å². The molecule has 2 saturated heterocycles. The number of carboxylic acid groups (broad SMARTS) is 1. The molecule has 2 fully saturated rings. The zero-order chi connectivity index (χ0) is 15.6. The fourth-order valence-electron chi connectivity index (χ4n) is 3.14. The number of amides is 1. The lowest BCUT2D eigenvalue weighted by molar-refractivity contribution is -0.147. The Labute approximate surface area is 125 Å². The van der Waals surface area contributed by atoms with Crippen molar-refractivity contribution in [2.45, 2.75) is 38.1 Å². The largest absolute Gasteiger partial charge is 0.481 e. The zero-order valence-electron chi connectivity index (χ0n) is 12.2. The van der Waals surface area contributed by atoms with Crippen molar-refractivity contribution in [3.05, 3.63) is 0 Å². The third-order valence-electron chi connectivity index (χ3n) is 4.25. The molecular weight excluding hydrogens is 296 g/mol. The number of hydrogen-bond donors (Lipinski definition) is 1. The Morgan fingerprint density at radius 2 is 1.81 bits per heavy atom. The number of likely N-dealkylation sites (tertiary alicyclic amines) is 1. The van der Waals surface area contributed by atoms with Crippen molar-refractivity contribution in [3.63, 3.8) is 0 Å². The minimum absolute atomic E-state index is 0.183. The summed E-state index contributed by atoms with van der Waals surface area (Å²) in [5.41, 5.74) is 0. The Morgan fingerprint density at radius 1 is 1.10 bits per heavy atom. The van der Waals surface area contributed by atoms with Gasteiger partial charge in [-0.2, -0.15) is 4.31 Å². The standard InChI is InChI=1S/C13H22N2O5S/c1-21(19,20)15-8-3-2-6-11(15)12(16)14-7-4-5-10(9-14)13(17)18/h10-11H,2-9H2,1H3,(H,17,18)/t10-,11-/m0/s1. The van der Waals surface area contributed by atoms with Gasteiger partial charge in [0.2, 0.25) is 15.9 Å². The van der Waals surface area contributed by atoms with Crippen LogP contribution in [0.15, 0.2) is 0 Å². The number of piperidine rings is 2. The van der Waals surface area contributed by atoms with E-state index in [9.17, 15) is 18.0 Å². The van der Waals surface area contributed by atoms with Gasteiger partial charge >= 0.3 is 5.97 Å². The van der Waals surface area contributed by atoms with Gasteiger partial charge < -0.3 is 10.0 Å². The van der Waals surface area contributed by atoms with E-state index in [4.69, 9.17) is 5.11 Å². The molecule has 0 aromatic heterocycles. The number of rotatable bonds is 3. The third kappa shape index (κ3) is 3.74. The van der Waals surface area contributed by atoms with Crippen molar-refractivity contribution in [1.29, 1.82) is 0 Å². The predicted octanol–water partition coefficient (Wildman–Crippen LogP) is 0.124. The summed E-state index contributed by atoms with van der Waals surface area (Å²) in [6.07, 6.45) is 4.43. The number of carbonyl (C=O) groups is 2. The van der Waals surface area contributed by atoms with Crippen LogP contribution in [0.2, 0.25) is 0 Å². The quantitative estimate of drug-likeness (QED) is 0.798. The van der Waals surface area contributed by atoms with Crippen molar-refractivity contribution in [2.75, 3.05) is 25.9 Å². The highest BCUT2D eigenvalue weighted by Crippen LogP contribution is 2.24. The second kappa shape index (κ2) is 6.31. The molecule has 8 heteroatoms. The molecule has 0 spiro atoms. The Bertz CT molecular complexity index is 519. The maximum absolute atomic E-state index is 12.6. The van der Waals surface area contributed by atoms with Crippen LogP contribution in [0.1, 0.15) is 32.1 Å². The van der Waals surface area contributed by atoms with Crippen molar-refractivity contribution < 1.29 is 23.1 Å². The van der Waals surface area contributed by atoms with Gasteiger partial charge in [-0.1, -0.05) is 6.42 Å². The van der Waals surface area contributed by atoms with Crippen LogP contribution >= 0.6 is 0 Å². The molecule has 2 atom stereocenters. The van der Waals surface area contributed by atoms with E-state index in [2.05, 4.69) is 0 Å². The zero-order valence-corrected chi connectivity index (χ0v) is 13.0. The van der Waals surface area contributed by atoms with E-state index < -0.39 is 28.0 Å². The molecule has 1 N–H and O–H groups in total. The summed E-state index contributed by atoms with van der Waals surface area (Å²) in [4.78, 5) is 25.2. The summed E-state index contributed by atoms with van der Waals surface area (Å²) in [6.45, 7) is 1.06. The average molecular weight is 318 g/mol. The topological polar surface area (TPSA) is 95.0 Å². The van der Waals surface area contributed by atoms with Gasteiger partial charge in [-0.25, -0.2) is 8.42 Å². The normalized spacial score (nSPS) is 28.3. The molecule has 0 aromatic carbocycles. The Kier molecular flexibility index (Phi) is 4.88. The van der Waals surface area contributed by atoms with Gasteiger partial charge in [0.15, 0.2) is 0 Å². The summed E-state index contributed by atoms with van der Waals surface area (Å²) < 4.78 is 24.9. The summed E-state index contributed by atoms with van der Waals surface area (Å²) >= 11 is 0. The second-order valence-electron chi connectivity index (χ2n) is 5.85. The molecular formula is C13H22N2O5S. The second-order valence-corrected chi connectivity index (χ2v) is 7.78. The first kappa shape index (κ1) is 16.2. The molecule has 21 heavy (non-hydrogen) atoms. The molecule has 1 amide bonds. The van der Waals surface area contributed by atoms with E-state index in [-0.39, 0.29) is 12.5 Å². The monoisotopic (exact) mass is 318 g/mol. The maximum Gasteiger partial charge on any atom is 0.308 e. The lowest BCUT2D eigenvalue weighted by Crippen LogP contribution is -2.54. The van der Waals surface area contributed by atoms with Crippen LogP contribution in [0.3, 0.4) is 0 Å². The predicted molar refractivity (Wildman–Crippen MR) is 76.1 cm³/mol. The SMILES string of the molecule is CS(=O)(=O)N1CCCC[C@H]1C(=O)N1CCC[C@H](C(=O)O)C1. The summed E-state index contributed by atoms with van der Waals surface area (Å²) in [5.74, 6) is -1.68. The minimum atomic E-state index is -3.42. The number of nitrogens with zero attached hydrogens (tertiary/aromatic N) is 2. The average Bonchev–Trinajstić information content (AvgIpc) is 2.45. The first-order valence-corrected chi connectivity index (χ1v) is 9.14. The highest BCUT2D eigenvalue weighted by atomic mass is 32.2. The van der Waals surface area contributed by atoms with E-state index >= 15 is 0 Å². The molecule has 0 bridgehead atoms. The van der Waals surface area contributed by atoms with Crippen LogP contribution in [0.5, 0.6) is 0 Å². The first-order chi connectivity index (χ1) is 9.80. The number of carbonyl (C=O) groups excluding carboxylic acids is 1. The lowest BCUT2D eigenvalue weighted by Gasteiger charge is -2.38. The molecule has 0 unspecified atom stereocenters. The number of sulfonamides is 1. The van der Waals surface area contributed by atoms with Gasteiger partial charge in [0.25, 0.3) is 0 Å². The molecule has 0 aliphatic carbocycles. The maximum atomic E-state index is 12.6. The molecule has 120 valence electrons. The number of hydrogen-bond acceptors (Lipinski definition) is 4. The fraction of sp³-hybridized carbons (Fsp3) is 0.846. The fourth-order valence-corrected chi connectivity index (χ4v) is 4.26. The molecule has 2 heterocycles. The van der Waals surface area contributed by atoms with Crippen LogP contribution in [-0.2, 0) is 19.6 Å². The highest BCUT2D eigenvalue weighted by molar-refractivity contribution is 7.88. The molecule has 0 aromatic rings. The van der Waals surface area contributed by atoms with Crippen molar-refractivity contribution in [3.8, 4) is 0 Å². The van der Waals surface area contributed by atoms with Gasteiger partial charge in [0.1, 0.15) is 6.04 Å². The van der Waals surface area contributed by atoms with Gasteiger partial charge in [-0.05, 0) is 25.7 Å². The van der Waals surface area contributed by atoms with Crippen LogP contribution in [0.25, 0.3) is 0 Å². The molecule has 2 aliphatic heterocycles. The van der Waals surface area contributed by atoms with Crippen LogP contribution in [0.4, 0.5) is 0 Å². The highest BCUT2D eigenvalue weighted by Gasteiger charge is 2.38. The Hall–Kier alpha value is -1.15. The summed E-state index contributed by atoms with van der Waals surface area (Å²) in [7, 11) is -3.42. The van der Waals surface area contributed by atoms with Crippen LogP contribution in [0, 0.1) is 5.92 Å². The molecule has 2 aliphatic rings. The smallest absolute Gasteiger partial charge is 0.308 e. The Morgan fingerprint density at radius 3 is 2.43 bits per heavy atom. The number of aliphatic carboxylic acids is 1. The molecule has 7 nitrogen and oxygen atoms in total. The Balaban J connectivity index is 2.12. The van der Waals surface area contributed by atoms with Crippen molar-refractivity contribution >= 4 is 21.9 Å². The van der Waals surface area contributed by atoms with Gasteiger partial charge in [-0.3, -0.25) is 9.59 Å². The van der Waals surface area contributed by atoms with E-state index in [1.165, 1.54) is 9.21 Å². The van der Waals surface area contributed by atoms with Crippen molar-refractivity contribution in [1.82, 2.24) is 9.21 Å². The summed E-state index contributed by atoms with van der Waals surface area (Å²) in [5, 5.41) is 9.09. The van der Waals surface area contributed by atoms with E-state index in [1.54, 1.807) is 0 Å². The molecule has 0 saturated carbocycles. The number of carboxylic acids is 1. The minimum Gasteiger partial charge on any atom is -0.481 e. The lowest BCUT2D eigenvalue weighted by atomic mass is 9.96. The third-order valence-corrected chi connectivity index (χ3v) is 5.54. The van der Waals surface area contributed by atoms with E-state index in [1.807, 2.05) is 0 Å². The van der Waals surface area contributed by atoms with Crippen molar-refractivity contribution in [2.24, 2.45) is 5.92 Å². The van der Waals surface area contributed by atoms with Gasteiger partial charge in [-0.15, -0.1) is 0 Å². The van der Waals surface area contributed by atoms with Crippen LogP contribution < -0.4 is 0 Å². The molecule has 0 radical (unpaired) electrons. The van der Waals surface area contributed by atoms with E-state index in [0.717, 1.165) is 19.1 Å². The van der Waals surface area contributed by atoms with Gasteiger partial charge in [0.05, 0.1) is 12.2 Å². The molecule has 2 rings (SSSR count). The van der Waals surface area contributed by atoms with Gasteiger partial charge in [0, 0.05) is 19.6 Å².